The molecular weight excluding hydrogens is 389 g/mol. The van der Waals surface area contributed by atoms with Gasteiger partial charge in [-0.25, -0.2) is 9.18 Å². The summed E-state index contributed by atoms with van der Waals surface area (Å²) < 4.78 is 16.8. The van der Waals surface area contributed by atoms with E-state index in [1.165, 1.54) is 6.20 Å². The average molecular weight is 415 g/mol. The van der Waals surface area contributed by atoms with Gasteiger partial charge in [-0.05, 0) is 30.9 Å². The Morgan fingerprint density at radius 3 is 2.40 bits per heavy atom. The van der Waals surface area contributed by atoms with Gasteiger partial charge < -0.3 is 19.5 Å². The number of piperazine rings is 1. The number of rotatable bonds is 5. The Bertz CT molecular complexity index is 1070. The first kappa shape index (κ1) is 20.4. The summed E-state index contributed by atoms with van der Waals surface area (Å²) >= 11 is 0. The van der Waals surface area contributed by atoms with Crippen molar-refractivity contribution in [3.8, 4) is 0 Å². The van der Waals surface area contributed by atoms with Crippen molar-refractivity contribution in [2.24, 2.45) is 5.92 Å². The molecule has 7 nitrogen and oxygen atoms in total. The molecule has 30 heavy (non-hydrogen) atoms. The van der Waals surface area contributed by atoms with Gasteiger partial charge in [0.1, 0.15) is 11.4 Å². The largest absolute Gasteiger partial charge is 0.477 e. The number of nitrogens with zero attached hydrogens (tertiary/aromatic N) is 3. The predicted octanol–water partition coefficient (Wildman–Crippen LogP) is 2.87. The lowest BCUT2D eigenvalue weighted by atomic mass is 10.1. The minimum atomic E-state index is -1.30. The van der Waals surface area contributed by atoms with E-state index in [0.29, 0.717) is 49.7 Å². The van der Waals surface area contributed by atoms with Crippen LogP contribution in [0.2, 0.25) is 0 Å². The van der Waals surface area contributed by atoms with Crippen LogP contribution in [0.5, 0.6) is 0 Å². The molecule has 0 bridgehead atoms. The highest BCUT2D eigenvalue weighted by atomic mass is 19.1. The third-order valence-electron chi connectivity index (χ3n) is 5.83. The van der Waals surface area contributed by atoms with E-state index in [1.807, 2.05) is 23.6 Å². The smallest absolute Gasteiger partial charge is 0.341 e. The van der Waals surface area contributed by atoms with E-state index in [2.05, 4.69) is 0 Å². The van der Waals surface area contributed by atoms with Crippen molar-refractivity contribution < 1.29 is 19.1 Å². The van der Waals surface area contributed by atoms with Crippen LogP contribution in [-0.2, 0) is 4.79 Å². The van der Waals surface area contributed by atoms with Crippen LogP contribution < -0.4 is 10.3 Å². The Balaban J connectivity index is 1.66. The molecule has 1 saturated heterocycles. The van der Waals surface area contributed by atoms with Gasteiger partial charge in [0, 0.05) is 50.2 Å². The highest BCUT2D eigenvalue weighted by molar-refractivity contribution is 5.93. The van der Waals surface area contributed by atoms with Crippen molar-refractivity contribution in [3.05, 3.63) is 39.9 Å². The molecule has 2 aromatic rings. The minimum Gasteiger partial charge on any atom is -0.477 e. The number of hydrogen-bond acceptors (Lipinski definition) is 4. The normalized spacial score (nSPS) is 17.1. The Kier molecular flexibility index (Phi) is 5.26. The zero-order valence-corrected chi connectivity index (χ0v) is 17.2. The lowest BCUT2D eigenvalue weighted by Gasteiger charge is -2.36. The van der Waals surface area contributed by atoms with Gasteiger partial charge in [0.15, 0.2) is 0 Å². The van der Waals surface area contributed by atoms with Crippen LogP contribution >= 0.6 is 0 Å². The number of carbonyl (C=O) groups is 2. The molecule has 0 spiro atoms. The summed E-state index contributed by atoms with van der Waals surface area (Å²) in [5.41, 5.74) is -0.0553. The molecule has 0 atom stereocenters. The van der Waals surface area contributed by atoms with E-state index in [-0.39, 0.29) is 22.9 Å². The molecule has 0 unspecified atom stereocenters. The molecule has 1 aliphatic heterocycles. The fourth-order valence-corrected chi connectivity index (χ4v) is 4.08. The SMILES string of the molecule is CC(C)CC(=O)N1CCN(c2cc3c(cc2F)c(=O)c(C(=O)O)cn3C2CC2)CC1. The molecule has 1 aliphatic carbocycles. The number of aromatic nitrogens is 1. The van der Waals surface area contributed by atoms with Crippen LogP contribution in [0.3, 0.4) is 0 Å². The van der Waals surface area contributed by atoms with Crippen molar-refractivity contribution in [2.45, 2.75) is 39.2 Å². The maximum Gasteiger partial charge on any atom is 0.341 e. The molecule has 1 saturated carbocycles. The minimum absolute atomic E-state index is 0.0915. The number of halogens is 1. The van der Waals surface area contributed by atoms with Gasteiger partial charge in [0.05, 0.1) is 11.2 Å². The van der Waals surface area contributed by atoms with Crippen LogP contribution in [0.25, 0.3) is 10.9 Å². The Morgan fingerprint density at radius 2 is 1.83 bits per heavy atom. The standard InChI is InChI=1S/C22H26FN3O4/c1-13(2)9-20(27)25-7-5-24(6-8-25)19-11-18-15(10-17(19)23)21(28)16(22(29)30)12-26(18)14-3-4-14/h10-14H,3-9H2,1-2H3,(H,29,30). The summed E-state index contributed by atoms with van der Waals surface area (Å²) in [5.74, 6) is -1.44. The summed E-state index contributed by atoms with van der Waals surface area (Å²) in [6.07, 6.45) is 3.69. The van der Waals surface area contributed by atoms with E-state index in [4.69, 9.17) is 0 Å². The van der Waals surface area contributed by atoms with E-state index in [9.17, 15) is 23.9 Å². The predicted molar refractivity (Wildman–Crippen MR) is 112 cm³/mol. The summed E-state index contributed by atoms with van der Waals surface area (Å²) in [7, 11) is 0. The van der Waals surface area contributed by atoms with Crippen LogP contribution in [-0.4, -0.2) is 52.6 Å². The molecule has 0 radical (unpaired) electrons. The molecule has 8 heteroatoms. The third kappa shape index (κ3) is 3.78. The number of carboxylic acid groups (broad SMARTS) is 1. The van der Waals surface area contributed by atoms with Crippen molar-refractivity contribution >= 4 is 28.5 Å². The zero-order chi connectivity index (χ0) is 21.6. The number of benzene rings is 1. The fraction of sp³-hybridized carbons (Fsp3) is 0.500. The Hall–Kier alpha value is -2.90. The maximum atomic E-state index is 15.0. The van der Waals surface area contributed by atoms with Crippen molar-refractivity contribution in [1.82, 2.24) is 9.47 Å². The lowest BCUT2D eigenvalue weighted by molar-refractivity contribution is -0.132. The average Bonchev–Trinajstić information content (AvgIpc) is 3.53. The maximum absolute atomic E-state index is 15.0. The molecule has 2 aliphatic rings. The molecule has 2 heterocycles. The summed E-state index contributed by atoms with van der Waals surface area (Å²) in [6, 6.07) is 2.95. The highest BCUT2D eigenvalue weighted by Crippen LogP contribution is 2.38. The van der Waals surface area contributed by atoms with Gasteiger partial charge in [-0.15, -0.1) is 0 Å². The fourth-order valence-electron chi connectivity index (χ4n) is 4.08. The molecule has 1 amide bonds. The topological polar surface area (TPSA) is 82.8 Å². The van der Waals surface area contributed by atoms with Crippen LogP contribution in [0.15, 0.2) is 23.1 Å². The van der Waals surface area contributed by atoms with E-state index >= 15 is 0 Å². The first-order chi connectivity index (χ1) is 14.3. The second-order valence-corrected chi connectivity index (χ2v) is 8.60. The monoisotopic (exact) mass is 415 g/mol. The van der Waals surface area contributed by atoms with Crippen LogP contribution in [0.1, 0.15) is 49.5 Å². The highest BCUT2D eigenvalue weighted by Gasteiger charge is 2.29. The zero-order valence-electron chi connectivity index (χ0n) is 17.2. The number of fused-ring (bicyclic) bond motifs is 1. The van der Waals surface area contributed by atoms with Crippen molar-refractivity contribution in [3.63, 3.8) is 0 Å². The molecule has 160 valence electrons. The van der Waals surface area contributed by atoms with Crippen LogP contribution in [0, 0.1) is 11.7 Å². The van der Waals surface area contributed by atoms with Gasteiger partial charge in [-0.3, -0.25) is 9.59 Å². The van der Waals surface area contributed by atoms with Crippen molar-refractivity contribution in [2.75, 3.05) is 31.1 Å². The summed E-state index contributed by atoms with van der Waals surface area (Å²) in [4.78, 5) is 40.1. The second kappa shape index (κ2) is 7.74. The van der Waals surface area contributed by atoms with E-state index < -0.39 is 17.2 Å². The van der Waals surface area contributed by atoms with Crippen molar-refractivity contribution in [1.29, 1.82) is 0 Å². The molecule has 4 rings (SSSR count). The number of anilines is 1. The van der Waals surface area contributed by atoms with Gasteiger partial charge in [-0.1, -0.05) is 13.8 Å². The number of carboxylic acids is 1. The number of amides is 1. The molecular formula is C22H26FN3O4. The first-order valence-corrected chi connectivity index (χ1v) is 10.4. The number of hydrogen-bond donors (Lipinski definition) is 1. The number of carbonyl (C=O) groups excluding carboxylic acids is 1. The summed E-state index contributed by atoms with van der Waals surface area (Å²) in [6.45, 7) is 6.08. The molecule has 1 aromatic carbocycles. The van der Waals surface area contributed by atoms with E-state index in [0.717, 1.165) is 18.9 Å². The molecule has 1 aromatic heterocycles. The lowest BCUT2D eigenvalue weighted by Crippen LogP contribution is -2.49. The number of pyridine rings is 1. The van der Waals surface area contributed by atoms with Crippen LogP contribution in [0.4, 0.5) is 10.1 Å². The summed E-state index contributed by atoms with van der Waals surface area (Å²) in [5, 5.41) is 9.45. The Labute approximate surface area is 173 Å². The Morgan fingerprint density at radius 1 is 1.17 bits per heavy atom. The van der Waals surface area contributed by atoms with Gasteiger partial charge >= 0.3 is 5.97 Å². The third-order valence-corrected chi connectivity index (χ3v) is 5.83. The van der Waals surface area contributed by atoms with E-state index in [1.54, 1.807) is 10.6 Å². The van der Waals surface area contributed by atoms with Gasteiger partial charge in [-0.2, -0.15) is 0 Å². The van der Waals surface area contributed by atoms with Gasteiger partial charge in [0.25, 0.3) is 0 Å². The molecule has 1 N–H and O–H groups in total. The first-order valence-electron chi connectivity index (χ1n) is 10.4. The second-order valence-electron chi connectivity index (χ2n) is 8.60. The molecule has 2 fully saturated rings. The number of aromatic carboxylic acids is 1. The quantitative estimate of drug-likeness (QED) is 0.812. The van der Waals surface area contributed by atoms with Gasteiger partial charge in [0.2, 0.25) is 11.3 Å².